The first-order chi connectivity index (χ1) is 15.1. The van der Waals surface area contributed by atoms with Crippen LogP contribution in [0.3, 0.4) is 0 Å². The van der Waals surface area contributed by atoms with Crippen molar-refractivity contribution < 1.29 is 17.6 Å². The van der Waals surface area contributed by atoms with Crippen molar-refractivity contribution in [2.24, 2.45) is 0 Å². The van der Waals surface area contributed by atoms with Crippen LogP contribution >= 0.6 is 0 Å². The largest absolute Gasteiger partial charge is 0.497 e. The first-order valence-corrected chi connectivity index (χ1v) is 11.3. The second-order valence-corrected chi connectivity index (χ2v) is 8.73. The van der Waals surface area contributed by atoms with Gasteiger partial charge in [0.15, 0.2) is 0 Å². The van der Waals surface area contributed by atoms with Crippen molar-refractivity contribution >= 4 is 15.7 Å². The number of aromatic nitrogens is 1. The molecule has 31 heavy (non-hydrogen) atoms. The number of rotatable bonds is 8. The van der Waals surface area contributed by atoms with Crippen molar-refractivity contribution in [2.75, 3.05) is 19.0 Å². The molecule has 0 amide bonds. The van der Waals surface area contributed by atoms with Gasteiger partial charge < -0.3 is 14.5 Å². The van der Waals surface area contributed by atoms with Crippen LogP contribution in [-0.2, 0) is 16.3 Å². The first-order valence-electron chi connectivity index (χ1n) is 9.81. The Hall–Kier alpha value is -3.58. The number of hydrogen-bond acceptors (Lipinski definition) is 6. The van der Waals surface area contributed by atoms with Crippen LogP contribution in [0, 0.1) is 0 Å². The van der Waals surface area contributed by atoms with E-state index in [2.05, 4.69) is 10.3 Å². The minimum absolute atomic E-state index is 0.127. The lowest BCUT2D eigenvalue weighted by atomic mass is 10.1. The zero-order valence-corrected chi connectivity index (χ0v) is 17.8. The van der Waals surface area contributed by atoms with Crippen LogP contribution in [0.15, 0.2) is 99.3 Å². The zero-order valence-electron chi connectivity index (χ0n) is 17.0. The van der Waals surface area contributed by atoms with Gasteiger partial charge in [-0.25, -0.2) is 8.42 Å². The smallest absolute Gasteiger partial charge is 0.233 e. The summed E-state index contributed by atoms with van der Waals surface area (Å²) in [5.74, 6) is 1.04. The summed E-state index contributed by atoms with van der Waals surface area (Å²) in [7, 11) is -2.27. The quantitative estimate of drug-likeness (QED) is 0.427. The number of nitrogens with one attached hydrogen (secondary N) is 1. The number of benzene rings is 3. The van der Waals surface area contributed by atoms with E-state index >= 15 is 0 Å². The third-order valence-electron chi connectivity index (χ3n) is 4.78. The van der Waals surface area contributed by atoms with Crippen molar-refractivity contribution in [3.05, 3.63) is 90.5 Å². The molecule has 4 rings (SSSR count). The molecule has 0 spiro atoms. The van der Waals surface area contributed by atoms with E-state index in [-0.39, 0.29) is 21.7 Å². The Balaban J connectivity index is 1.68. The number of sulfone groups is 1. The van der Waals surface area contributed by atoms with Gasteiger partial charge in [0, 0.05) is 12.1 Å². The lowest BCUT2D eigenvalue weighted by molar-refractivity contribution is 0.415. The van der Waals surface area contributed by atoms with E-state index in [4.69, 9.17) is 9.15 Å². The molecule has 6 nitrogen and oxygen atoms in total. The molecule has 7 heteroatoms. The summed E-state index contributed by atoms with van der Waals surface area (Å²) in [6.07, 6.45) is 0.713. The molecule has 0 fully saturated rings. The van der Waals surface area contributed by atoms with Crippen molar-refractivity contribution in [3.8, 4) is 17.2 Å². The van der Waals surface area contributed by atoms with Crippen LogP contribution < -0.4 is 10.1 Å². The Morgan fingerprint density at radius 2 is 1.55 bits per heavy atom. The molecule has 0 unspecified atom stereocenters. The number of oxazole rings is 1. The fraction of sp³-hybridized carbons (Fsp3) is 0.125. The molecule has 0 radical (unpaired) electrons. The van der Waals surface area contributed by atoms with Crippen LogP contribution in [0.4, 0.5) is 5.88 Å². The van der Waals surface area contributed by atoms with Gasteiger partial charge in [0.2, 0.25) is 26.6 Å². The van der Waals surface area contributed by atoms with E-state index in [1.807, 2.05) is 30.3 Å². The van der Waals surface area contributed by atoms with Crippen molar-refractivity contribution in [1.82, 2.24) is 4.98 Å². The first kappa shape index (κ1) is 20.7. The molecule has 4 aromatic rings. The lowest BCUT2D eigenvalue weighted by Gasteiger charge is -2.06. The Bertz CT molecular complexity index is 1240. The molecule has 158 valence electrons. The third-order valence-corrected chi connectivity index (χ3v) is 6.46. The summed E-state index contributed by atoms with van der Waals surface area (Å²) in [5.41, 5.74) is 1.79. The molecule has 0 atom stereocenters. The van der Waals surface area contributed by atoms with E-state index in [0.717, 1.165) is 5.56 Å². The standard InChI is InChI=1S/C24H22N2O4S/c1-29-20-14-12-19(13-15-20)22-26-24(31(27,28)21-10-6-3-7-11-21)23(30-22)25-17-16-18-8-4-2-5-9-18/h2-15,25H,16-17H2,1H3. The molecule has 1 aromatic heterocycles. The van der Waals surface area contributed by atoms with Gasteiger partial charge in [0.1, 0.15) is 5.75 Å². The Labute approximate surface area is 181 Å². The number of anilines is 1. The summed E-state index contributed by atoms with van der Waals surface area (Å²) < 4.78 is 37.6. The molecule has 1 N–H and O–H groups in total. The average Bonchev–Trinajstić information content (AvgIpc) is 3.25. The summed E-state index contributed by atoms with van der Waals surface area (Å²) in [4.78, 5) is 4.51. The number of methoxy groups -OCH3 is 1. The van der Waals surface area contributed by atoms with Crippen LogP contribution in [0.1, 0.15) is 5.56 Å². The topological polar surface area (TPSA) is 81.4 Å². The van der Waals surface area contributed by atoms with Crippen LogP contribution in [-0.4, -0.2) is 27.1 Å². The molecular weight excluding hydrogens is 412 g/mol. The SMILES string of the molecule is COc1ccc(-c2nc(S(=O)(=O)c3ccccc3)c(NCCc3ccccc3)o2)cc1. The number of hydrogen-bond donors (Lipinski definition) is 1. The van der Waals surface area contributed by atoms with Gasteiger partial charge in [-0.2, -0.15) is 4.98 Å². The predicted molar refractivity (Wildman–Crippen MR) is 119 cm³/mol. The highest BCUT2D eigenvalue weighted by Gasteiger charge is 2.28. The molecule has 0 aliphatic carbocycles. The van der Waals surface area contributed by atoms with Gasteiger partial charge >= 0.3 is 0 Å². The van der Waals surface area contributed by atoms with E-state index in [1.54, 1.807) is 61.7 Å². The van der Waals surface area contributed by atoms with Gasteiger partial charge in [-0.1, -0.05) is 48.5 Å². The van der Waals surface area contributed by atoms with Crippen LogP contribution in [0.5, 0.6) is 5.75 Å². The van der Waals surface area contributed by atoms with Gasteiger partial charge in [-0.15, -0.1) is 0 Å². The Morgan fingerprint density at radius 1 is 0.903 bits per heavy atom. The normalized spacial score (nSPS) is 11.3. The molecule has 1 heterocycles. The molecule has 3 aromatic carbocycles. The van der Waals surface area contributed by atoms with E-state index in [0.29, 0.717) is 24.3 Å². The van der Waals surface area contributed by atoms with Crippen molar-refractivity contribution in [2.45, 2.75) is 16.3 Å². The summed E-state index contributed by atoms with van der Waals surface area (Å²) in [6, 6.07) is 25.3. The fourth-order valence-electron chi connectivity index (χ4n) is 3.13. The van der Waals surface area contributed by atoms with E-state index in [9.17, 15) is 8.42 Å². The third kappa shape index (κ3) is 4.62. The zero-order chi connectivity index (χ0) is 21.7. The predicted octanol–water partition coefficient (Wildman–Crippen LogP) is 4.84. The molecular formula is C24H22N2O4S. The van der Waals surface area contributed by atoms with Crippen molar-refractivity contribution in [3.63, 3.8) is 0 Å². The maximum Gasteiger partial charge on any atom is 0.233 e. The molecule has 0 saturated heterocycles. The van der Waals surface area contributed by atoms with Gasteiger partial charge in [-0.05, 0) is 48.4 Å². The number of ether oxygens (including phenoxy) is 1. The minimum Gasteiger partial charge on any atom is -0.497 e. The van der Waals surface area contributed by atoms with E-state index < -0.39 is 9.84 Å². The Kier molecular flexibility index (Phi) is 6.04. The highest BCUT2D eigenvalue weighted by molar-refractivity contribution is 7.91. The second-order valence-electron chi connectivity index (χ2n) is 6.86. The van der Waals surface area contributed by atoms with E-state index in [1.165, 1.54) is 0 Å². The fourth-order valence-corrected chi connectivity index (χ4v) is 4.43. The molecule has 0 aliphatic rings. The highest BCUT2D eigenvalue weighted by Crippen LogP contribution is 2.32. The number of nitrogens with zero attached hydrogens (tertiary/aromatic N) is 1. The van der Waals surface area contributed by atoms with Crippen LogP contribution in [0.25, 0.3) is 11.5 Å². The highest BCUT2D eigenvalue weighted by atomic mass is 32.2. The van der Waals surface area contributed by atoms with Crippen molar-refractivity contribution in [1.29, 1.82) is 0 Å². The van der Waals surface area contributed by atoms with Crippen LogP contribution in [0.2, 0.25) is 0 Å². The second kappa shape index (κ2) is 9.06. The monoisotopic (exact) mass is 434 g/mol. The molecule has 0 bridgehead atoms. The summed E-state index contributed by atoms with van der Waals surface area (Å²) >= 11 is 0. The molecule has 0 aliphatic heterocycles. The average molecular weight is 435 g/mol. The summed E-state index contributed by atoms with van der Waals surface area (Å²) in [6.45, 7) is 0.499. The maximum absolute atomic E-state index is 13.3. The van der Waals surface area contributed by atoms with Gasteiger partial charge in [0.25, 0.3) is 0 Å². The minimum atomic E-state index is -3.86. The molecule has 0 saturated carbocycles. The maximum atomic E-state index is 13.3. The Morgan fingerprint density at radius 3 is 2.19 bits per heavy atom. The summed E-state index contributed by atoms with van der Waals surface area (Å²) in [5, 5.41) is 2.99. The lowest BCUT2D eigenvalue weighted by Crippen LogP contribution is -2.09. The van der Waals surface area contributed by atoms with Gasteiger partial charge in [0.05, 0.1) is 12.0 Å². The van der Waals surface area contributed by atoms with Gasteiger partial charge in [-0.3, -0.25) is 0 Å².